The molecular weight excluding hydrogens is 240 g/mol. The molecule has 0 nitrogen and oxygen atoms in total. The van der Waals surface area contributed by atoms with Gasteiger partial charge in [0.05, 0.1) is 0 Å². The normalized spacial score (nSPS) is 19.8. The summed E-state index contributed by atoms with van der Waals surface area (Å²) >= 11 is 0. The average molecular weight is 272 g/mol. The minimum atomic E-state index is 0.960. The molecule has 1 aliphatic carbocycles. The van der Waals surface area contributed by atoms with Gasteiger partial charge in [0.15, 0.2) is 0 Å². The van der Waals surface area contributed by atoms with Crippen molar-refractivity contribution >= 4 is 0 Å². The maximum atomic E-state index is 2.51. The Hall–Kier alpha value is -1.04. The van der Waals surface area contributed by atoms with Gasteiger partial charge in [0.1, 0.15) is 0 Å². The Kier molecular flexibility index (Phi) is 9.11. The fraction of sp³-hybridized carbons (Fsp3) is 0.600. The second kappa shape index (κ2) is 10.7. The summed E-state index contributed by atoms with van der Waals surface area (Å²) in [4.78, 5) is 0. The summed E-state index contributed by atoms with van der Waals surface area (Å²) in [7, 11) is 0. The van der Waals surface area contributed by atoms with E-state index in [0.717, 1.165) is 5.92 Å². The van der Waals surface area contributed by atoms with E-state index in [1.807, 2.05) is 18.2 Å². The zero-order valence-corrected chi connectivity index (χ0v) is 13.7. The number of rotatable bonds is 5. The first-order chi connectivity index (χ1) is 9.72. The van der Waals surface area contributed by atoms with Crippen LogP contribution in [0.25, 0.3) is 0 Å². The minimum absolute atomic E-state index is 0.960. The first kappa shape index (κ1) is 17.0. The lowest BCUT2D eigenvalue weighted by Crippen LogP contribution is -1.81. The van der Waals surface area contributed by atoms with Crippen molar-refractivity contribution in [3.05, 3.63) is 47.5 Å². The van der Waals surface area contributed by atoms with Gasteiger partial charge in [-0.25, -0.2) is 0 Å². The van der Waals surface area contributed by atoms with Gasteiger partial charge in [-0.2, -0.15) is 0 Å². The van der Waals surface area contributed by atoms with E-state index in [4.69, 9.17) is 0 Å². The molecule has 0 N–H and O–H groups in total. The maximum absolute atomic E-state index is 2.51. The van der Waals surface area contributed by atoms with Gasteiger partial charge in [0, 0.05) is 0 Å². The van der Waals surface area contributed by atoms with Gasteiger partial charge in [0.25, 0.3) is 0 Å². The molecule has 2 rings (SSSR count). The van der Waals surface area contributed by atoms with Crippen LogP contribution in [0.4, 0.5) is 0 Å². The van der Waals surface area contributed by atoms with Gasteiger partial charge in [0.2, 0.25) is 0 Å². The molecule has 1 unspecified atom stereocenters. The smallest absolute Gasteiger partial charge is 0.0294 e. The molecule has 0 radical (unpaired) electrons. The van der Waals surface area contributed by atoms with E-state index >= 15 is 0 Å². The number of allylic oxidation sites excluding steroid dienone is 2. The standard InChI is InChI=1S/C13H24.C7H8/c1-3-4-5-6-7-8-13-10-9-12(2)11-13;1-7-5-3-2-4-6-7/h8,12H,3-7,9-11H2,1-2H3;2-6H,1H3. The van der Waals surface area contributed by atoms with E-state index in [1.165, 1.54) is 56.9 Å². The largest absolute Gasteiger partial charge is 0.0853 e. The number of aryl methyl sites for hydroxylation is 1. The highest BCUT2D eigenvalue weighted by atomic mass is 14.2. The number of hydrogen-bond acceptors (Lipinski definition) is 0. The lowest BCUT2D eigenvalue weighted by Gasteiger charge is -1.98. The molecule has 0 saturated heterocycles. The molecule has 0 aromatic heterocycles. The van der Waals surface area contributed by atoms with E-state index in [0.29, 0.717) is 0 Å². The van der Waals surface area contributed by atoms with Crippen molar-refractivity contribution in [3.8, 4) is 0 Å². The highest BCUT2D eigenvalue weighted by molar-refractivity contribution is 5.11. The maximum Gasteiger partial charge on any atom is -0.0294 e. The van der Waals surface area contributed by atoms with Crippen molar-refractivity contribution in [3.63, 3.8) is 0 Å². The summed E-state index contributed by atoms with van der Waals surface area (Å²) < 4.78 is 0. The first-order valence-corrected chi connectivity index (χ1v) is 8.42. The minimum Gasteiger partial charge on any atom is -0.0853 e. The lowest BCUT2D eigenvalue weighted by molar-refractivity contribution is 0.619. The van der Waals surface area contributed by atoms with Crippen LogP contribution in [0.1, 0.15) is 70.8 Å². The molecule has 1 aliphatic rings. The van der Waals surface area contributed by atoms with E-state index < -0.39 is 0 Å². The molecule has 0 heteroatoms. The Bertz CT molecular complexity index is 361. The molecule has 112 valence electrons. The molecule has 1 aromatic carbocycles. The van der Waals surface area contributed by atoms with Crippen LogP contribution in [-0.2, 0) is 0 Å². The van der Waals surface area contributed by atoms with Crippen molar-refractivity contribution in [1.82, 2.24) is 0 Å². The van der Waals surface area contributed by atoms with Gasteiger partial charge in [-0.1, -0.05) is 80.7 Å². The van der Waals surface area contributed by atoms with E-state index in [9.17, 15) is 0 Å². The monoisotopic (exact) mass is 272 g/mol. The van der Waals surface area contributed by atoms with E-state index in [2.05, 4.69) is 39.0 Å². The summed E-state index contributed by atoms with van der Waals surface area (Å²) in [6.07, 6.45) is 13.7. The van der Waals surface area contributed by atoms with Crippen LogP contribution in [0.15, 0.2) is 42.0 Å². The van der Waals surface area contributed by atoms with Crippen molar-refractivity contribution in [2.45, 2.75) is 72.1 Å². The second-order valence-electron chi connectivity index (χ2n) is 6.21. The fourth-order valence-electron chi connectivity index (χ4n) is 2.68. The van der Waals surface area contributed by atoms with Crippen LogP contribution in [0, 0.1) is 12.8 Å². The Morgan fingerprint density at radius 2 is 1.85 bits per heavy atom. The predicted molar refractivity (Wildman–Crippen MR) is 91.0 cm³/mol. The van der Waals surface area contributed by atoms with Gasteiger partial charge >= 0.3 is 0 Å². The molecule has 0 bridgehead atoms. The fourth-order valence-corrected chi connectivity index (χ4v) is 2.68. The predicted octanol–water partition coefficient (Wildman–Crippen LogP) is 6.70. The molecule has 1 atom stereocenters. The zero-order chi connectivity index (χ0) is 14.6. The summed E-state index contributed by atoms with van der Waals surface area (Å²) in [6, 6.07) is 10.3. The third kappa shape index (κ3) is 8.19. The Morgan fingerprint density at radius 1 is 1.10 bits per heavy atom. The van der Waals surface area contributed by atoms with Gasteiger partial charge in [-0.15, -0.1) is 0 Å². The Labute approximate surface area is 126 Å². The van der Waals surface area contributed by atoms with Crippen LogP contribution in [0.2, 0.25) is 0 Å². The molecule has 1 fully saturated rings. The molecule has 1 saturated carbocycles. The summed E-state index contributed by atoms with van der Waals surface area (Å²) in [5, 5.41) is 0. The number of unbranched alkanes of at least 4 members (excludes halogenated alkanes) is 4. The topological polar surface area (TPSA) is 0 Å². The van der Waals surface area contributed by atoms with Crippen LogP contribution < -0.4 is 0 Å². The first-order valence-electron chi connectivity index (χ1n) is 8.42. The van der Waals surface area contributed by atoms with Crippen molar-refractivity contribution in [2.75, 3.05) is 0 Å². The molecule has 20 heavy (non-hydrogen) atoms. The third-order valence-electron chi connectivity index (χ3n) is 4.00. The molecule has 1 aromatic rings. The summed E-state index contributed by atoms with van der Waals surface area (Å²) in [6.45, 7) is 6.73. The van der Waals surface area contributed by atoms with E-state index in [1.54, 1.807) is 5.57 Å². The van der Waals surface area contributed by atoms with Crippen molar-refractivity contribution < 1.29 is 0 Å². The lowest BCUT2D eigenvalue weighted by atomic mass is 10.1. The second-order valence-corrected chi connectivity index (χ2v) is 6.21. The molecular formula is C20H32. The summed E-state index contributed by atoms with van der Waals surface area (Å²) in [5.41, 5.74) is 3.06. The molecule has 0 amide bonds. The number of hydrogen-bond donors (Lipinski definition) is 0. The van der Waals surface area contributed by atoms with Crippen molar-refractivity contribution in [1.29, 1.82) is 0 Å². The van der Waals surface area contributed by atoms with Crippen molar-refractivity contribution in [2.24, 2.45) is 5.92 Å². The third-order valence-corrected chi connectivity index (χ3v) is 4.00. The SMILES string of the molecule is CCCCCCC=C1CCC(C)C1.Cc1ccccc1. The Morgan fingerprint density at radius 3 is 2.35 bits per heavy atom. The highest BCUT2D eigenvalue weighted by Crippen LogP contribution is 2.29. The van der Waals surface area contributed by atoms with Crippen LogP contribution in [0.5, 0.6) is 0 Å². The number of benzene rings is 1. The van der Waals surface area contributed by atoms with Gasteiger partial charge < -0.3 is 0 Å². The molecule has 0 heterocycles. The molecule has 0 spiro atoms. The van der Waals surface area contributed by atoms with Crippen LogP contribution in [0.3, 0.4) is 0 Å². The molecule has 0 aliphatic heterocycles. The zero-order valence-electron chi connectivity index (χ0n) is 13.7. The van der Waals surface area contributed by atoms with E-state index in [-0.39, 0.29) is 0 Å². The quantitative estimate of drug-likeness (QED) is 0.413. The average Bonchev–Trinajstić information content (AvgIpc) is 2.86. The highest BCUT2D eigenvalue weighted by Gasteiger charge is 2.13. The summed E-state index contributed by atoms with van der Waals surface area (Å²) in [5.74, 6) is 0.960. The van der Waals surface area contributed by atoms with Gasteiger partial charge in [-0.05, 0) is 44.9 Å². The van der Waals surface area contributed by atoms with Crippen LogP contribution in [-0.4, -0.2) is 0 Å². The van der Waals surface area contributed by atoms with Gasteiger partial charge in [-0.3, -0.25) is 0 Å². The Balaban J connectivity index is 0.000000240. The van der Waals surface area contributed by atoms with Crippen LogP contribution >= 0.6 is 0 Å².